The average molecular weight is 313 g/mol. The summed E-state index contributed by atoms with van der Waals surface area (Å²) >= 11 is 0. The SMILES string of the molecule is CCOC(=O)Nc1cccc(OC(=O)c2ccc(C)c(C)c2)c1. The summed E-state index contributed by atoms with van der Waals surface area (Å²) in [6, 6.07) is 12.0. The zero-order chi connectivity index (χ0) is 16.8. The summed E-state index contributed by atoms with van der Waals surface area (Å²) in [6.45, 7) is 5.93. The summed E-state index contributed by atoms with van der Waals surface area (Å²) < 4.78 is 10.1. The molecule has 120 valence electrons. The maximum Gasteiger partial charge on any atom is 0.411 e. The number of carbonyl (C=O) groups excluding carboxylic acids is 2. The van der Waals surface area contributed by atoms with Gasteiger partial charge in [-0.05, 0) is 56.2 Å². The van der Waals surface area contributed by atoms with Crippen molar-refractivity contribution in [2.45, 2.75) is 20.8 Å². The van der Waals surface area contributed by atoms with Crippen LogP contribution in [0.3, 0.4) is 0 Å². The number of amides is 1. The van der Waals surface area contributed by atoms with Crippen LogP contribution < -0.4 is 10.1 Å². The van der Waals surface area contributed by atoms with E-state index in [4.69, 9.17) is 9.47 Å². The molecule has 0 aliphatic rings. The van der Waals surface area contributed by atoms with Gasteiger partial charge in [0.25, 0.3) is 0 Å². The van der Waals surface area contributed by atoms with Gasteiger partial charge >= 0.3 is 12.1 Å². The van der Waals surface area contributed by atoms with E-state index in [2.05, 4.69) is 5.32 Å². The lowest BCUT2D eigenvalue weighted by Gasteiger charge is -2.09. The van der Waals surface area contributed by atoms with E-state index >= 15 is 0 Å². The summed E-state index contributed by atoms with van der Waals surface area (Å²) in [5.41, 5.74) is 3.12. The quantitative estimate of drug-likeness (QED) is 0.682. The summed E-state index contributed by atoms with van der Waals surface area (Å²) in [5, 5.41) is 2.56. The van der Waals surface area contributed by atoms with Gasteiger partial charge in [-0.15, -0.1) is 0 Å². The van der Waals surface area contributed by atoms with Gasteiger partial charge in [-0.1, -0.05) is 12.1 Å². The Kier molecular flexibility index (Phi) is 5.36. The highest BCUT2D eigenvalue weighted by atomic mass is 16.5. The molecule has 23 heavy (non-hydrogen) atoms. The van der Waals surface area contributed by atoms with Crippen molar-refractivity contribution in [2.75, 3.05) is 11.9 Å². The molecule has 2 aromatic carbocycles. The van der Waals surface area contributed by atoms with Crippen LogP contribution in [0.5, 0.6) is 5.75 Å². The molecule has 0 spiro atoms. The molecule has 0 aliphatic carbocycles. The number of benzene rings is 2. The first kappa shape index (κ1) is 16.5. The van der Waals surface area contributed by atoms with Gasteiger partial charge in [0, 0.05) is 11.8 Å². The van der Waals surface area contributed by atoms with Gasteiger partial charge in [-0.3, -0.25) is 5.32 Å². The monoisotopic (exact) mass is 313 g/mol. The fourth-order valence-electron chi connectivity index (χ4n) is 1.96. The Morgan fingerprint density at radius 1 is 1.04 bits per heavy atom. The molecule has 2 rings (SSSR count). The van der Waals surface area contributed by atoms with Crippen molar-refractivity contribution < 1.29 is 19.1 Å². The molecular weight excluding hydrogens is 294 g/mol. The van der Waals surface area contributed by atoms with Crippen LogP contribution in [-0.4, -0.2) is 18.7 Å². The molecule has 0 fully saturated rings. The first-order chi connectivity index (χ1) is 11.0. The lowest BCUT2D eigenvalue weighted by molar-refractivity contribution is 0.0735. The molecule has 5 heteroatoms. The Morgan fingerprint density at radius 3 is 2.52 bits per heavy atom. The predicted molar refractivity (Wildman–Crippen MR) is 88.0 cm³/mol. The summed E-state index contributed by atoms with van der Waals surface area (Å²) in [7, 11) is 0. The van der Waals surface area contributed by atoms with Gasteiger partial charge in [0.2, 0.25) is 0 Å². The zero-order valence-electron chi connectivity index (χ0n) is 13.4. The average Bonchev–Trinajstić information content (AvgIpc) is 2.50. The van der Waals surface area contributed by atoms with E-state index in [0.29, 0.717) is 17.0 Å². The topological polar surface area (TPSA) is 64.6 Å². The Balaban J connectivity index is 2.08. The summed E-state index contributed by atoms with van der Waals surface area (Å²) in [5.74, 6) is -0.0936. The van der Waals surface area contributed by atoms with E-state index in [1.807, 2.05) is 19.9 Å². The van der Waals surface area contributed by atoms with Crippen molar-refractivity contribution in [1.29, 1.82) is 0 Å². The molecule has 0 unspecified atom stereocenters. The van der Waals surface area contributed by atoms with Crippen molar-refractivity contribution in [3.05, 3.63) is 59.2 Å². The number of hydrogen-bond acceptors (Lipinski definition) is 4. The zero-order valence-corrected chi connectivity index (χ0v) is 13.4. The third-order valence-corrected chi connectivity index (χ3v) is 3.31. The fraction of sp³-hybridized carbons (Fsp3) is 0.222. The first-order valence-electron chi connectivity index (χ1n) is 7.33. The largest absolute Gasteiger partial charge is 0.450 e. The smallest absolute Gasteiger partial charge is 0.411 e. The van der Waals surface area contributed by atoms with Gasteiger partial charge in [0.05, 0.1) is 12.2 Å². The number of nitrogens with one attached hydrogen (secondary N) is 1. The van der Waals surface area contributed by atoms with Gasteiger partial charge in [0.15, 0.2) is 0 Å². The molecule has 0 atom stereocenters. The molecule has 0 bridgehead atoms. The van der Waals surface area contributed by atoms with E-state index in [1.54, 1.807) is 43.3 Å². The van der Waals surface area contributed by atoms with E-state index < -0.39 is 12.1 Å². The number of anilines is 1. The minimum atomic E-state index is -0.551. The van der Waals surface area contributed by atoms with Crippen LogP contribution in [0.25, 0.3) is 0 Å². The van der Waals surface area contributed by atoms with Gasteiger partial charge < -0.3 is 9.47 Å². The van der Waals surface area contributed by atoms with Crippen LogP contribution >= 0.6 is 0 Å². The van der Waals surface area contributed by atoms with E-state index in [9.17, 15) is 9.59 Å². The van der Waals surface area contributed by atoms with E-state index in [-0.39, 0.29) is 6.61 Å². The summed E-state index contributed by atoms with van der Waals surface area (Å²) in [6.07, 6.45) is -0.551. The van der Waals surface area contributed by atoms with Gasteiger partial charge in [-0.2, -0.15) is 0 Å². The standard InChI is InChI=1S/C18H19NO4/c1-4-22-18(21)19-15-6-5-7-16(11-15)23-17(20)14-9-8-12(2)13(3)10-14/h5-11H,4H2,1-3H3,(H,19,21). The second-order valence-electron chi connectivity index (χ2n) is 5.06. The molecule has 2 aromatic rings. The van der Waals surface area contributed by atoms with Crippen LogP contribution in [0.1, 0.15) is 28.4 Å². The predicted octanol–water partition coefficient (Wildman–Crippen LogP) is 4.09. The number of aryl methyl sites for hydroxylation is 2. The Hall–Kier alpha value is -2.82. The molecule has 5 nitrogen and oxygen atoms in total. The number of carbonyl (C=O) groups is 2. The minimum Gasteiger partial charge on any atom is -0.450 e. The Morgan fingerprint density at radius 2 is 1.83 bits per heavy atom. The molecule has 0 aliphatic heterocycles. The van der Waals surface area contributed by atoms with Crippen LogP contribution in [0.2, 0.25) is 0 Å². The van der Waals surface area contributed by atoms with E-state index in [0.717, 1.165) is 11.1 Å². The maximum absolute atomic E-state index is 12.2. The Bertz CT molecular complexity index is 725. The second-order valence-corrected chi connectivity index (χ2v) is 5.06. The molecule has 0 heterocycles. The molecule has 0 saturated carbocycles. The van der Waals surface area contributed by atoms with Crippen molar-refractivity contribution in [2.24, 2.45) is 0 Å². The normalized spacial score (nSPS) is 10.0. The number of hydrogen-bond donors (Lipinski definition) is 1. The highest BCUT2D eigenvalue weighted by Crippen LogP contribution is 2.19. The van der Waals surface area contributed by atoms with Crippen LogP contribution in [0, 0.1) is 13.8 Å². The van der Waals surface area contributed by atoms with Crippen LogP contribution in [0.4, 0.5) is 10.5 Å². The molecular formula is C18H19NO4. The molecule has 0 radical (unpaired) electrons. The number of ether oxygens (including phenoxy) is 2. The van der Waals surface area contributed by atoms with Gasteiger partial charge in [0.1, 0.15) is 5.75 Å². The van der Waals surface area contributed by atoms with Crippen molar-refractivity contribution in [3.8, 4) is 5.75 Å². The highest BCUT2D eigenvalue weighted by Gasteiger charge is 2.10. The van der Waals surface area contributed by atoms with E-state index in [1.165, 1.54) is 0 Å². The molecule has 1 N–H and O–H groups in total. The van der Waals surface area contributed by atoms with Crippen LogP contribution in [0.15, 0.2) is 42.5 Å². The fourth-order valence-corrected chi connectivity index (χ4v) is 1.96. The molecule has 0 aromatic heterocycles. The number of rotatable bonds is 4. The third-order valence-electron chi connectivity index (χ3n) is 3.31. The maximum atomic E-state index is 12.2. The van der Waals surface area contributed by atoms with Crippen molar-refractivity contribution >= 4 is 17.7 Å². The molecule has 0 saturated heterocycles. The minimum absolute atomic E-state index is 0.285. The van der Waals surface area contributed by atoms with Gasteiger partial charge in [-0.25, -0.2) is 9.59 Å². The third kappa shape index (κ3) is 4.57. The lowest BCUT2D eigenvalue weighted by atomic mass is 10.1. The van der Waals surface area contributed by atoms with Crippen molar-refractivity contribution in [1.82, 2.24) is 0 Å². The second kappa shape index (κ2) is 7.45. The Labute approximate surface area is 135 Å². The molecule has 1 amide bonds. The number of esters is 1. The lowest BCUT2D eigenvalue weighted by Crippen LogP contribution is -2.13. The van der Waals surface area contributed by atoms with Crippen LogP contribution in [-0.2, 0) is 4.74 Å². The highest BCUT2D eigenvalue weighted by molar-refractivity contribution is 5.91. The van der Waals surface area contributed by atoms with Crippen molar-refractivity contribution in [3.63, 3.8) is 0 Å². The first-order valence-corrected chi connectivity index (χ1v) is 7.33. The summed E-state index contributed by atoms with van der Waals surface area (Å²) in [4.78, 5) is 23.6.